The van der Waals surface area contributed by atoms with Gasteiger partial charge in [-0.05, 0) is 6.07 Å². The third kappa shape index (κ3) is 3.31. The van der Waals surface area contributed by atoms with Gasteiger partial charge in [0, 0.05) is 18.8 Å². The van der Waals surface area contributed by atoms with Crippen molar-refractivity contribution in [3.05, 3.63) is 17.7 Å². The average molecular weight is 282 g/mol. The standard InChI is InChI=1S/C13H18N2O5/c1-15(7-12(16)20-4)13(17)8-5-10(18-2)11(19-3)6-9(8)14/h5-6H,7,14H2,1-4H3. The third-order valence-electron chi connectivity index (χ3n) is 2.73. The number of anilines is 1. The molecule has 0 unspecified atom stereocenters. The van der Waals surface area contributed by atoms with Crippen molar-refractivity contribution in [1.29, 1.82) is 0 Å². The maximum absolute atomic E-state index is 12.2. The van der Waals surface area contributed by atoms with Gasteiger partial charge in [-0.2, -0.15) is 0 Å². The number of rotatable bonds is 5. The first-order valence-electron chi connectivity index (χ1n) is 5.78. The zero-order valence-electron chi connectivity index (χ0n) is 11.9. The number of carbonyl (C=O) groups excluding carboxylic acids is 2. The van der Waals surface area contributed by atoms with E-state index in [9.17, 15) is 9.59 Å². The Kier molecular flexibility index (Phi) is 5.19. The van der Waals surface area contributed by atoms with Gasteiger partial charge >= 0.3 is 5.97 Å². The lowest BCUT2D eigenvalue weighted by atomic mass is 10.1. The lowest BCUT2D eigenvalue weighted by Crippen LogP contribution is -2.33. The van der Waals surface area contributed by atoms with E-state index in [2.05, 4.69) is 4.74 Å². The topological polar surface area (TPSA) is 91.1 Å². The van der Waals surface area contributed by atoms with Gasteiger partial charge < -0.3 is 24.8 Å². The predicted molar refractivity (Wildman–Crippen MR) is 72.9 cm³/mol. The van der Waals surface area contributed by atoms with Gasteiger partial charge in [-0.3, -0.25) is 9.59 Å². The van der Waals surface area contributed by atoms with Gasteiger partial charge in [0.05, 0.1) is 26.9 Å². The summed E-state index contributed by atoms with van der Waals surface area (Å²) in [6.07, 6.45) is 0. The molecule has 0 fully saturated rings. The number of hydrogen-bond acceptors (Lipinski definition) is 6. The summed E-state index contributed by atoms with van der Waals surface area (Å²) in [5.41, 5.74) is 6.29. The summed E-state index contributed by atoms with van der Waals surface area (Å²) >= 11 is 0. The van der Waals surface area contributed by atoms with Crippen LogP contribution in [0.4, 0.5) is 5.69 Å². The molecule has 0 bridgehead atoms. The van der Waals surface area contributed by atoms with Crippen molar-refractivity contribution in [2.75, 3.05) is 40.7 Å². The summed E-state index contributed by atoms with van der Waals surface area (Å²) in [5, 5.41) is 0. The Morgan fingerprint density at radius 2 is 1.70 bits per heavy atom. The summed E-state index contributed by atoms with van der Waals surface area (Å²) < 4.78 is 14.7. The van der Waals surface area contributed by atoms with Gasteiger partial charge in [-0.1, -0.05) is 0 Å². The van der Waals surface area contributed by atoms with Crippen LogP contribution in [0.5, 0.6) is 11.5 Å². The summed E-state index contributed by atoms with van der Waals surface area (Å²) in [6, 6.07) is 2.97. The number of hydrogen-bond donors (Lipinski definition) is 1. The Morgan fingerprint density at radius 3 is 2.20 bits per heavy atom. The van der Waals surface area contributed by atoms with Crippen LogP contribution >= 0.6 is 0 Å². The van der Waals surface area contributed by atoms with Gasteiger partial charge in [0.15, 0.2) is 11.5 Å². The van der Waals surface area contributed by atoms with Crippen LogP contribution < -0.4 is 15.2 Å². The van der Waals surface area contributed by atoms with Crippen LogP contribution in [-0.2, 0) is 9.53 Å². The highest BCUT2D eigenvalue weighted by Gasteiger charge is 2.20. The number of ether oxygens (including phenoxy) is 3. The zero-order chi connectivity index (χ0) is 15.3. The van der Waals surface area contributed by atoms with Crippen LogP contribution in [0.3, 0.4) is 0 Å². The smallest absolute Gasteiger partial charge is 0.325 e. The fourth-order valence-corrected chi connectivity index (χ4v) is 1.62. The minimum Gasteiger partial charge on any atom is -0.493 e. The second-order valence-electron chi connectivity index (χ2n) is 4.03. The van der Waals surface area contributed by atoms with Crippen LogP contribution in [0.1, 0.15) is 10.4 Å². The molecular formula is C13H18N2O5. The second kappa shape index (κ2) is 6.65. The van der Waals surface area contributed by atoms with Crippen LogP contribution in [0, 0.1) is 0 Å². The van der Waals surface area contributed by atoms with E-state index in [1.54, 1.807) is 0 Å². The van der Waals surface area contributed by atoms with Crippen LogP contribution in [0.15, 0.2) is 12.1 Å². The summed E-state index contributed by atoms with van der Waals surface area (Å²) in [7, 11) is 5.67. The van der Waals surface area contributed by atoms with Crippen molar-refractivity contribution >= 4 is 17.6 Å². The fourth-order valence-electron chi connectivity index (χ4n) is 1.62. The molecule has 20 heavy (non-hydrogen) atoms. The molecule has 1 aromatic carbocycles. The molecule has 0 aromatic heterocycles. The van der Waals surface area contributed by atoms with Crippen molar-refractivity contribution in [2.24, 2.45) is 0 Å². The number of esters is 1. The Labute approximate surface area is 117 Å². The molecule has 0 radical (unpaired) electrons. The minimum absolute atomic E-state index is 0.164. The molecule has 1 amide bonds. The van der Waals surface area contributed by atoms with Gasteiger partial charge in [0.25, 0.3) is 5.91 Å². The normalized spacial score (nSPS) is 9.80. The van der Waals surface area contributed by atoms with E-state index in [4.69, 9.17) is 15.2 Å². The lowest BCUT2D eigenvalue weighted by Gasteiger charge is -2.18. The SMILES string of the molecule is COC(=O)CN(C)C(=O)c1cc(OC)c(OC)cc1N. The average Bonchev–Trinajstić information content (AvgIpc) is 2.45. The number of benzene rings is 1. The van der Waals surface area contributed by atoms with Crippen molar-refractivity contribution in [3.8, 4) is 11.5 Å². The first kappa shape index (κ1) is 15.6. The summed E-state index contributed by atoms with van der Waals surface area (Å²) in [5.74, 6) is -0.109. The largest absolute Gasteiger partial charge is 0.493 e. The molecule has 0 heterocycles. The van der Waals surface area contributed by atoms with Crippen molar-refractivity contribution in [2.45, 2.75) is 0 Å². The number of nitrogens with zero attached hydrogens (tertiary/aromatic N) is 1. The fraction of sp³-hybridized carbons (Fsp3) is 0.385. The Hall–Kier alpha value is -2.44. The highest BCUT2D eigenvalue weighted by atomic mass is 16.5. The molecule has 0 aliphatic carbocycles. The number of carbonyl (C=O) groups is 2. The quantitative estimate of drug-likeness (QED) is 0.626. The molecule has 0 saturated heterocycles. The molecule has 0 saturated carbocycles. The molecule has 1 aromatic rings. The first-order valence-corrected chi connectivity index (χ1v) is 5.78. The molecule has 1 rings (SSSR count). The number of nitrogen functional groups attached to an aromatic ring is 1. The van der Waals surface area contributed by atoms with Crippen molar-refractivity contribution < 1.29 is 23.8 Å². The van der Waals surface area contributed by atoms with Crippen LogP contribution in [-0.4, -0.2) is 51.7 Å². The van der Waals surface area contributed by atoms with E-state index in [-0.39, 0.29) is 17.8 Å². The van der Waals surface area contributed by atoms with E-state index in [0.717, 1.165) is 0 Å². The Morgan fingerprint density at radius 1 is 1.15 bits per heavy atom. The molecule has 2 N–H and O–H groups in total. The van der Waals surface area contributed by atoms with Crippen molar-refractivity contribution in [3.63, 3.8) is 0 Å². The molecule has 7 heteroatoms. The Balaban J connectivity index is 3.06. The van der Waals surface area contributed by atoms with Gasteiger partial charge in [-0.25, -0.2) is 0 Å². The highest BCUT2D eigenvalue weighted by molar-refractivity contribution is 6.01. The second-order valence-corrected chi connectivity index (χ2v) is 4.03. The van der Waals surface area contributed by atoms with Gasteiger partial charge in [-0.15, -0.1) is 0 Å². The first-order chi connectivity index (χ1) is 9.44. The molecule has 0 atom stereocenters. The summed E-state index contributed by atoms with van der Waals surface area (Å²) in [6.45, 7) is -0.164. The monoisotopic (exact) mass is 282 g/mol. The van der Waals surface area contributed by atoms with Crippen LogP contribution in [0.2, 0.25) is 0 Å². The molecule has 7 nitrogen and oxygen atoms in total. The Bertz CT molecular complexity index is 516. The number of nitrogens with two attached hydrogens (primary N) is 1. The van der Waals surface area contributed by atoms with E-state index in [0.29, 0.717) is 11.5 Å². The summed E-state index contributed by atoms with van der Waals surface area (Å²) in [4.78, 5) is 24.6. The molecule has 110 valence electrons. The van der Waals surface area contributed by atoms with Crippen LogP contribution in [0.25, 0.3) is 0 Å². The third-order valence-corrected chi connectivity index (χ3v) is 2.73. The minimum atomic E-state index is -0.514. The van der Waals surface area contributed by atoms with E-state index < -0.39 is 11.9 Å². The van der Waals surface area contributed by atoms with Gasteiger partial charge in [0.2, 0.25) is 0 Å². The number of methoxy groups -OCH3 is 3. The van der Waals surface area contributed by atoms with E-state index in [1.807, 2.05) is 0 Å². The molecular weight excluding hydrogens is 264 g/mol. The molecule has 0 spiro atoms. The van der Waals surface area contributed by atoms with E-state index in [1.165, 1.54) is 45.4 Å². The van der Waals surface area contributed by atoms with E-state index >= 15 is 0 Å². The number of likely N-dealkylation sites (N-methyl/N-ethyl adjacent to an activating group) is 1. The van der Waals surface area contributed by atoms with Gasteiger partial charge in [0.1, 0.15) is 6.54 Å². The predicted octanol–water partition coefficient (Wildman–Crippen LogP) is 0.531. The number of amides is 1. The lowest BCUT2D eigenvalue weighted by molar-refractivity contribution is -0.141. The maximum atomic E-state index is 12.2. The highest BCUT2D eigenvalue weighted by Crippen LogP contribution is 2.32. The zero-order valence-corrected chi connectivity index (χ0v) is 11.9. The van der Waals surface area contributed by atoms with Crippen molar-refractivity contribution in [1.82, 2.24) is 4.90 Å². The maximum Gasteiger partial charge on any atom is 0.325 e. The molecule has 0 aliphatic rings. The molecule has 0 aliphatic heterocycles.